The Morgan fingerprint density at radius 1 is 0.971 bits per heavy atom. The maximum Gasteiger partial charge on any atom is 0.322 e. The van der Waals surface area contributed by atoms with Gasteiger partial charge in [0.2, 0.25) is 5.82 Å². The summed E-state index contributed by atoms with van der Waals surface area (Å²) in [4.78, 5) is 19.7. The van der Waals surface area contributed by atoms with Crippen molar-refractivity contribution in [1.29, 1.82) is 0 Å². The monoisotopic (exact) mass is 484 g/mol. The van der Waals surface area contributed by atoms with Crippen molar-refractivity contribution in [3.8, 4) is 11.4 Å². The topological polar surface area (TPSA) is 71.3 Å². The van der Waals surface area contributed by atoms with E-state index in [4.69, 9.17) is 21.1 Å². The Morgan fingerprint density at radius 3 is 2.34 bits per heavy atom. The number of allylic oxidation sites excluding steroid dienone is 1. The van der Waals surface area contributed by atoms with Gasteiger partial charge in [-0.05, 0) is 44.0 Å². The minimum absolute atomic E-state index is 0.199. The number of nitrogens with zero attached hydrogens (tertiary/aromatic N) is 3. The van der Waals surface area contributed by atoms with Crippen molar-refractivity contribution in [2.24, 2.45) is 0 Å². The standard InChI is InChI=1S/C28H25ClN4O2/c1-17-7-11-20(12-8-17)16-33-19(3)24(25(30-28(33)34)22-5-4-6-23(29)15-22)27-31-26(32-35-27)21-13-9-18(2)10-14-21/h4-15,25H,16H2,1-3H3,(H,30,34). The molecule has 7 heteroatoms. The number of hydrogen-bond donors (Lipinski definition) is 1. The van der Waals surface area contributed by atoms with Gasteiger partial charge in [0.1, 0.15) is 0 Å². The van der Waals surface area contributed by atoms with Crippen LogP contribution >= 0.6 is 11.6 Å². The number of hydrogen-bond acceptors (Lipinski definition) is 4. The minimum atomic E-state index is -0.484. The van der Waals surface area contributed by atoms with Gasteiger partial charge in [0, 0.05) is 16.3 Å². The number of aromatic nitrogens is 2. The molecule has 6 nitrogen and oxygen atoms in total. The Labute approximate surface area is 209 Å². The largest absolute Gasteiger partial charge is 0.334 e. The molecule has 0 bridgehead atoms. The molecule has 4 aromatic rings. The fourth-order valence-electron chi connectivity index (χ4n) is 4.21. The van der Waals surface area contributed by atoms with E-state index >= 15 is 0 Å². The fraction of sp³-hybridized carbons (Fsp3) is 0.179. The summed E-state index contributed by atoms with van der Waals surface area (Å²) in [5, 5.41) is 7.94. The van der Waals surface area contributed by atoms with Crippen molar-refractivity contribution >= 4 is 23.2 Å². The molecule has 2 amide bonds. The molecule has 2 heterocycles. The Hall–Kier alpha value is -3.90. The van der Waals surface area contributed by atoms with Gasteiger partial charge in [0.15, 0.2) is 0 Å². The lowest BCUT2D eigenvalue weighted by molar-refractivity contribution is 0.203. The van der Waals surface area contributed by atoms with Crippen LogP contribution in [0.25, 0.3) is 17.0 Å². The second-order valence-electron chi connectivity index (χ2n) is 8.80. The van der Waals surface area contributed by atoms with E-state index < -0.39 is 6.04 Å². The van der Waals surface area contributed by atoms with E-state index in [-0.39, 0.29) is 6.03 Å². The first-order valence-corrected chi connectivity index (χ1v) is 11.8. The summed E-state index contributed by atoms with van der Waals surface area (Å²) in [7, 11) is 0. The smallest absolute Gasteiger partial charge is 0.322 e. The molecule has 3 aromatic carbocycles. The van der Waals surface area contributed by atoms with E-state index in [2.05, 4.69) is 10.5 Å². The van der Waals surface area contributed by atoms with Crippen LogP contribution in [0.2, 0.25) is 5.02 Å². The highest BCUT2D eigenvalue weighted by Crippen LogP contribution is 2.38. The van der Waals surface area contributed by atoms with Gasteiger partial charge in [-0.2, -0.15) is 4.98 Å². The van der Waals surface area contributed by atoms with Crippen molar-refractivity contribution in [2.45, 2.75) is 33.4 Å². The molecule has 0 aliphatic carbocycles. The van der Waals surface area contributed by atoms with Crippen molar-refractivity contribution in [3.05, 3.63) is 112 Å². The molecule has 1 aromatic heterocycles. The van der Waals surface area contributed by atoms with E-state index in [0.29, 0.717) is 23.3 Å². The predicted octanol–water partition coefficient (Wildman–Crippen LogP) is 6.70. The van der Waals surface area contributed by atoms with E-state index in [1.807, 2.05) is 87.5 Å². The van der Waals surface area contributed by atoms with Gasteiger partial charge in [-0.1, -0.05) is 88.5 Å². The zero-order chi connectivity index (χ0) is 24.5. The predicted molar refractivity (Wildman–Crippen MR) is 137 cm³/mol. The van der Waals surface area contributed by atoms with Crippen molar-refractivity contribution in [1.82, 2.24) is 20.4 Å². The highest BCUT2D eigenvalue weighted by atomic mass is 35.5. The lowest BCUT2D eigenvalue weighted by atomic mass is 9.94. The van der Waals surface area contributed by atoms with Crippen molar-refractivity contribution < 1.29 is 9.32 Å². The number of amides is 2. The summed E-state index contributed by atoms with van der Waals surface area (Å²) in [6.07, 6.45) is 0. The average Bonchev–Trinajstić information content (AvgIpc) is 3.33. The SMILES string of the molecule is CC1=C(c2nc(-c3ccc(C)cc3)no2)C(c2cccc(Cl)c2)NC(=O)N1Cc1ccc(C)cc1. The number of halogens is 1. The molecule has 0 radical (unpaired) electrons. The van der Waals surface area contributed by atoms with E-state index in [0.717, 1.165) is 33.5 Å². The molecular weight excluding hydrogens is 460 g/mol. The van der Waals surface area contributed by atoms with Crippen LogP contribution in [0.15, 0.2) is 83.0 Å². The summed E-state index contributed by atoms with van der Waals surface area (Å²) >= 11 is 6.29. The minimum Gasteiger partial charge on any atom is -0.334 e. The maximum atomic E-state index is 13.3. The van der Waals surface area contributed by atoms with Crippen molar-refractivity contribution in [3.63, 3.8) is 0 Å². The van der Waals surface area contributed by atoms with Crippen LogP contribution in [-0.4, -0.2) is 21.1 Å². The Kier molecular flexibility index (Phi) is 6.14. The number of aryl methyl sites for hydroxylation is 2. The van der Waals surface area contributed by atoms with Crippen LogP contribution in [0.3, 0.4) is 0 Å². The van der Waals surface area contributed by atoms with E-state index in [1.54, 1.807) is 11.0 Å². The van der Waals surface area contributed by atoms with Crippen LogP contribution in [0.5, 0.6) is 0 Å². The molecule has 0 saturated carbocycles. The van der Waals surface area contributed by atoms with Crippen LogP contribution < -0.4 is 5.32 Å². The normalized spacial score (nSPS) is 15.9. The highest BCUT2D eigenvalue weighted by Gasteiger charge is 2.35. The molecular formula is C28H25ClN4O2. The molecule has 35 heavy (non-hydrogen) atoms. The average molecular weight is 485 g/mol. The molecule has 0 spiro atoms. The first kappa shape index (κ1) is 22.9. The molecule has 1 N–H and O–H groups in total. The van der Waals surface area contributed by atoms with Gasteiger partial charge in [0.05, 0.1) is 18.2 Å². The number of benzene rings is 3. The number of nitrogens with one attached hydrogen (secondary N) is 1. The molecule has 1 aliphatic heterocycles. The van der Waals surface area contributed by atoms with E-state index in [1.165, 1.54) is 5.56 Å². The summed E-state index contributed by atoms with van der Waals surface area (Å²) in [5.74, 6) is 0.851. The van der Waals surface area contributed by atoms with Crippen LogP contribution in [0.1, 0.15) is 41.1 Å². The molecule has 5 rings (SSSR count). The van der Waals surface area contributed by atoms with Gasteiger partial charge in [-0.25, -0.2) is 4.79 Å². The summed E-state index contributed by atoms with van der Waals surface area (Å²) in [5.41, 5.74) is 6.53. The lowest BCUT2D eigenvalue weighted by Crippen LogP contribution is -2.45. The van der Waals surface area contributed by atoms with Gasteiger partial charge >= 0.3 is 6.03 Å². The van der Waals surface area contributed by atoms with Gasteiger partial charge < -0.3 is 9.84 Å². The fourth-order valence-corrected chi connectivity index (χ4v) is 4.41. The highest BCUT2D eigenvalue weighted by molar-refractivity contribution is 6.30. The lowest BCUT2D eigenvalue weighted by Gasteiger charge is -2.35. The molecule has 176 valence electrons. The number of carbonyl (C=O) groups is 1. The van der Waals surface area contributed by atoms with Crippen molar-refractivity contribution in [2.75, 3.05) is 0 Å². The Balaban J connectivity index is 1.59. The molecule has 1 atom stereocenters. The maximum absolute atomic E-state index is 13.3. The van der Waals surface area contributed by atoms with Crippen LogP contribution in [0.4, 0.5) is 4.79 Å². The number of carbonyl (C=O) groups excluding carboxylic acids is 1. The summed E-state index contributed by atoms with van der Waals surface area (Å²) < 4.78 is 5.76. The molecule has 0 fully saturated rings. The summed E-state index contributed by atoms with van der Waals surface area (Å²) in [6.45, 7) is 6.40. The molecule has 0 saturated heterocycles. The van der Waals surface area contributed by atoms with Crippen LogP contribution in [-0.2, 0) is 6.54 Å². The second kappa shape index (κ2) is 9.39. The third kappa shape index (κ3) is 4.70. The third-order valence-electron chi connectivity index (χ3n) is 6.21. The van der Waals surface area contributed by atoms with Gasteiger partial charge in [-0.3, -0.25) is 4.90 Å². The second-order valence-corrected chi connectivity index (χ2v) is 9.23. The van der Waals surface area contributed by atoms with E-state index in [9.17, 15) is 4.79 Å². The van der Waals surface area contributed by atoms with Gasteiger partial charge in [-0.15, -0.1) is 0 Å². The Bertz CT molecular complexity index is 1410. The van der Waals surface area contributed by atoms with Crippen LogP contribution in [0, 0.1) is 13.8 Å². The Morgan fingerprint density at radius 2 is 1.66 bits per heavy atom. The summed E-state index contributed by atoms with van der Waals surface area (Å²) in [6, 6.07) is 22.8. The number of rotatable bonds is 5. The zero-order valence-electron chi connectivity index (χ0n) is 19.7. The zero-order valence-corrected chi connectivity index (χ0v) is 20.5. The van der Waals surface area contributed by atoms with Gasteiger partial charge in [0.25, 0.3) is 5.89 Å². The quantitative estimate of drug-likeness (QED) is 0.342. The molecule has 1 unspecified atom stereocenters. The first-order valence-electron chi connectivity index (χ1n) is 11.4. The first-order chi connectivity index (χ1) is 16.9. The molecule has 1 aliphatic rings. The third-order valence-corrected chi connectivity index (χ3v) is 6.44. The number of urea groups is 1.